The normalized spacial score (nSPS) is 15.8. The Morgan fingerprint density at radius 2 is 1.97 bits per heavy atom. The second-order valence-electron chi connectivity index (χ2n) is 9.04. The summed E-state index contributed by atoms with van der Waals surface area (Å²) in [6.45, 7) is 9.66. The summed E-state index contributed by atoms with van der Waals surface area (Å²) in [6.07, 6.45) is 4.01. The molecule has 0 saturated heterocycles. The number of hydrogen-bond acceptors (Lipinski definition) is 4. The van der Waals surface area contributed by atoms with E-state index in [1.807, 2.05) is 11.5 Å². The molecule has 0 amide bonds. The minimum Gasteiger partial charge on any atom is -0.493 e. The molecule has 0 spiro atoms. The molecule has 0 bridgehead atoms. The quantitative estimate of drug-likeness (QED) is 0.707. The zero-order chi connectivity index (χ0) is 22.1. The summed E-state index contributed by atoms with van der Waals surface area (Å²) < 4.78 is 13.1. The molecule has 1 aromatic carbocycles. The summed E-state index contributed by atoms with van der Waals surface area (Å²) in [5.41, 5.74) is 3.09. The van der Waals surface area contributed by atoms with Crippen LogP contribution in [0.2, 0.25) is 0 Å². The number of aromatic carboxylic acids is 1. The molecule has 3 rings (SSSR count). The fraction of sp³-hybridized carbons (Fsp3) is 0.500. The van der Waals surface area contributed by atoms with Crippen LogP contribution in [-0.4, -0.2) is 36.0 Å². The monoisotopic (exact) mass is 413 g/mol. The highest BCUT2D eigenvalue weighted by Crippen LogP contribution is 2.42. The molecule has 6 nitrogen and oxygen atoms in total. The highest BCUT2D eigenvalue weighted by molar-refractivity contribution is 5.87. The highest BCUT2D eigenvalue weighted by atomic mass is 16.5. The van der Waals surface area contributed by atoms with Crippen molar-refractivity contribution in [2.24, 2.45) is 5.41 Å². The molecule has 1 aromatic heterocycles. The lowest BCUT2D eigenvalue weighted by molar-refractivity contribution is 0.0693. The number of carboxylic acid groups (broad SMARTS) is 1. The van der Waals surface area contributed by atoms with Crippen LogP contribution in [0.25, 0.3) is 11.3 Å². The number of fused-ring (bicyclic) bond motifs is 3. The first-order valence-electron chi connectivity index (χ1n) is 10.4. The van der Waals surface area contributed by atoms with Gasteiger partial charge in [-0.3, -0.25) is 4.79 Å². The molecule has 0 saturated carbocycles. The van der Waals surface area contributed by atoms with Crippen LogP contribution in [0, 0.1) is 12.3 Å². The van der Waals surface area contributed by atoms with E-state index in [0.717, 1.165) is 47.4 Å². The molecule has 162 valence electrons. The van der Waals surface area contributed by atoms with E-state index in [4.69, 9.17) is 9.47 Å². The molecular weight excluding hydrogens is 382 g/mol. The Bertz CT molecular complexity index is 1000. The first kappa shape index (κ1) is 22.1. The summed E-state index contributed by atoms with van der Waals surface area (Å²) in [4.78, 5) is 24.1. The van der Waals surface area contributed by atoms with E-state index in [1.165, 1.54) is 12.3 Å². The Kier molecular flexibility index (Phi) is 6.36. The summed E-state index contributed by atoms with van der Waals surface area (Å²) in [7, 11) is 1.68. The van der Waals surface area contributed by atoms with Crippen molar-refractivity contribution in [3.63, 3.8) is 0 Å². The van der Waals surface area contributed by atoms with E-state index in [1.54, 1.807) is 7.11 Å². The molecule has 0 radical (unpaired) electrons. The van der Waals surface area contributed by atoms with Crippen molar-refractivity contribution in [2.45, 2.75) is 53.0 Å². The van der Waals surface area contributed by atoms with Crippen LogP contribution in [0.4, 0.5) is 0 Å². The van der Waals surface area contributed by atoms with Crippen LogP contribution >= 0.6 is 0 Å². The lowest BCUT2D eigenvalue weighted by Crippen LogP contribution is -2.28. The van der Waals surface area contributed by atoms with Gasteiger partial charge in [0.15, 0.2) is 5.43 Å². The number of carbonyl (C=O) groups is 1. The molecule has 0 aliphatic carbocycles. The van der Waals surface area contributed by atoms with Gasteiger partial charge in [0.05, 0.1) is 12.3 Å². The number of aromatic nitrogens is 1. The Morgan fingerprint density at radius 1 is 1.23 bits per heavy atom. The SMILES string of the molecule is COCCCOc1cc2c(cc1C)-c1cc(=O)c(C(=O)O)cn1C(C(C)(C)C)CC2. The van der Waals surface area contributed by atoms with Crippen LogP contribution in [0.5, 0.6) is 5.75 Å². The minimum atomic E-state index is -1.19. The average molecular weight is 414 g/mol. The van der Waals surface area contributed by atoms with Crippen molar-refractivity contribution in [3.05, 3.63) is 51.3 Å². The van der Waals surface area contributed by atoms with Gasteiger partial charge in [-0.25, -0.2) is 4.79 Å². The van der Waals surface area contributed by atoms with Crippen molar-refractivity contribution >= 4 is 5.97 Å². The van der Waals surface area contributed by atoms with E-state index in [2.05, 4.69) is 32.9 Å². The molecular formula is C24H31NO5. The molecule has 1 atom stereocenters. The van der Waals surface area contributed by atoms with Gasteiger partial charge in [-0.05, 0) is 48.4 Å². The number of ether oxygens (including phenoxy) is 2. The standard InChI is InChI=1S/C24H31NO5/c1-15-11-17-16(12-21(15)30-10-6-9-29-5)7-8-22(24(2,3)4)25-14-18(23(27)28)20(26)13-19(17)25/h11-14,22H,6-10H2,1-5H3,(H,27,28). The predicted octanol–water partition coefficient (Wildman–Crippen LogP) is 4.47. The third-order valence-electron chi connectivity index (χ3n) is 5.76. The van der Waals surface area contributed by atoms with Crippen LogP contribution in [0.3, 0.4) is 0 Å². The number of carboxylic acids is 1. The van der Waals surface area contributed by atoms with E-state index < -0.39 is 11.4 Å². The second kappa shape index (κ2) is 8.64. The summed E-state index contributed by atoms with van der Waals surface area (Å²) >= 11 is 0. The Hall–Kier alpha value is -2.60. The Balaban J connectivity index is 2.13. The first-order valence-corrected chi connectivity index (χ1v) is 10.4. The van der Waals surface area contributed by atoms with Gasteiger partial charge in [-0.2, -0.15) is 0 Å². The first-order chi connectivity index (χ1) is 14.1. The average Bonchev–Trinajstić information content (AvgIpc) is 2.81. The lowest BCUT2D eigenvalue weighted by Gasteiger charge is -2.33. The molecule has 6 heteroatoms. The minimum absolute atomic E-state index is 0.0602. The van der Waals surface area contributed by atoms with Gasteiger partial charge < -0.3 is 19.1 Å². The molecule has 0 fully saturated rings. The maximum atomic E-state index is 12.5. The van der Waals surface area contributed by atoms with E-state index in [9.17, 15) is 14.7 Å². The van der Waals surface area contributed by atoms with Crippen molar-refractivity contribution < 1.29 is 19.4 Å². The summed E-state index contributed by atoms with van der Waals surface area (Å²) in [5, 5.41) is 9.48. The van der Waals surface area contributed by atoms with Crippen molar-refractivity contribution in [1.29, 1.82) is 0 Å². The number of benzene rings is 1. The molecule has 1 aliphatic heterocycles. The summed E-state index contributed by atoms with van der Waals surface area (Å²) in [6, 6.07) is 5.66. The lowest BCUT2D eigenvalue weighted by atomic mass is 9.83. The molecule has 2 heterocycles. The largest absolute Gasteiger partial charge is 0.493 e. The van der Waals surface area contributed by atoms with Crippen molar-refractivity contribution in [1.82, 2.24) is 4.57 Å². The van der Waals surface area contributed by atoms with Gasteiger partial charge in [0, 0.05) is 44.0 Å². The third-order valence-corrected chi connectivity index (χ3v) is 5.76. The van der Waals surface area contributed by atoms with Gasteiger partial charge >= 0.3 is 5.97 Å². The number of hydrogen-bond donors (Lipinski definition) is 1. The zero-order valence-corrected chi connectivity index (χ0v) is 18.4. The predicted molar refractivity (Wildman–Crippen MR) is 117 cm³/mol. The second-order valence-corrected chi connectivity index (χ2v) is 9.04. The van der Waals surface area contributed by atoms with Crippen molar-refractivity contribution in [3.8, 4) is 17.0 Å². The van der Waals surface area contributed by atoms with Crippen LogP contribution in [-0.2, 0) is 11.2 Å². The van der Waals surface area contributed by atoms with E-state index >= 15 is 0 Å². The van der Waals surface area contributed by atoms with Gasteiger partial charge in [0.25, 0.3) is 0 Å². The third kappa shape index (κ3) is 4.43. The van der Waals surface area contributed by atoms with Crippen LogP contribution in [0.15, 0.2) is 29.2 Å². The Labute approximate surface area is 177 Å². The zero-order valence-electron chi connectivity index (χ0n) is 18.4. The Morgan fingerprint density at radius 3 is 2.60 bits per heavy atom. The molecule has 2 aromatic rings. The maximum absolute atomic E-state index is 12.5. The fourth-order valence-corrected chi connectivity index (χ4v) is 4.18. The number of nitrogens with zero attached hydrogens (tertiary/aromatic N) is 1. The summed E-state index contributed by atoms with van der Waals surface area (Å²) in [5.74, 6) is -0.349. The van der Waals surface area contributed by atoms with E-state index in [0.29, 0.717) is 13.2 Å². The maximum Gasteiger partial charge on any atom is 0.341 e. The number of aryl methyl sites for hydroxylation is 2. The smallest absolute Gasteiger partial charge is 0.341 e. The molecule has 1 N–H and O–H groups in total. The van der Waals surface area contributed by atoms with Crippen LogP contribution < -0.4 is 10.2 Å². The molecule has 1 aliphatic rings. The molecule has 30 heavy (non-hydrogen) atoms. The number of pyridine rings is 1. The number of methoxy groups -OCH3 is 1. The van der Waals surface area contributed by atoms with E-state index in [-0.39, 0.29) is 17.0 Å². The van der Waals surface area contributed by atoms with Crippen molar-refractivity contribution in [2.75, 3.05) is 20.3 Å². The fourth-order valence-electron chi connectivity index (χ4n) is 4.18. The topological polar surface area (TPSA) is 77.8 Å². The van der Waals surface area contributed by atoms with Gasteiger partial charge in [-0.15, -0.1) is 0 Å². The van der Waals surface area contributed by atoms with Crippen LogP contribution in [0.1, 0.15) is 61.1 Å². The number of rotatable bonds is 6. The molecule has 1 unspecified atom stereocenters. The highest BCUT2D eigenvalue weighted by Gasteiger charge is 2.31. The van der Waals surface area contributed by atoms with Gasteiger partial charge in [0.1, 0.15) is 11.3 Å². The van der Waals surface area contributed by atoms with Gasteiger partial charge in [-0.1, -0.05) is 20.8 Å². The van der Waals surface area contributed by atoms with Gasteiger partial charge in [0.2, 0.25) is 0 Å².